The van der Waals surface area contributed by atoms with Crippen LogP contribution in [-0.2, 0) is 28.5 Å². The lowest BCUT2D eigenvalue weighted by molar-refractivity contribution is -0.197. The summed E-state index contributed by atoms with van der Waals surface area (Å²) in [4.78, 5) is 29.7. The largest absolute Gasteiger partial charge is 0.491 e. The maximum atomic E-state index is 13.0. The van der Waals surface area contributed by atoms with Crippen molar-refractivity contribution in [1.82, 2.24) is 9.80 Å². The number of ether oxygens (including phenoxy) is 4. The first-order valence-electron chi connectivity index (χ1n) is 24.4. The molecule has 0 saturated carbocycles. The van der Waals surface area contributed by atoms with Crippen LogP contribution in [0.15, 0.2) is 59.9 Å². The Kier molecular flexibility index (Phi) is 35.1. The van der Waals surface area contributed by atoms with Gasteiger partial charge in [0.15, 0.2) is 5.76 Å². The van der Waals surface area contributed by atoms with E-state index in [4.69, 9.17) is 18.9 Å². The molecule has 1 aliphatic heterocycles. The van der Waals surface area contributed by atoms with Crippen LogP contribution in [0, 0.1) is 0 Å². The molecule has 0 aromatic carbocycles. The van der Waals surface area contributed by atoms with Crippen LogP contribution in [0.25, 0.3) is 0 Å². The Balaban J connectivity index is 2.76. The second-order valence-electron chi connectivity index (χ2n) is 17.5. The van der Waals surface area contributed by atoms with Gasteiger partial charge in [-0.2, -0.15) is 0 Å². The van der Waals surface area contributed by atoms with E-state index in [1.54, 1.807) is 0 Å². The molecule has 1 heterocycles. The molecular weight excluding hydrogens is 749 g/mol. The van der Waals surface area contributed by atoms with Gasteiger partial charge in [-0.1, -0.05) is 140 Å². The lowest BCUT2D eigenvalue weighted by atomic mass is 9.91. The second-order valence-corrected chi connectivity index (χ2v) is 17.5. The van der Waals surface area contributed by atoms with E-state index >= 15 is 0 Å². The van der Waals surface area contributed by atoms with Crippen molar-refractivity contribution >= 4 is 11.9 Å². The molecule has 2 atom stereocenters. The summed E-state index contributed by atoms with van der Waals surface area (Å²) in [5.74, 6) is 0.00544. The number of allylic oxidation sites excluding steroid dienone is 8. The van der Waals surface area contributed by atoms with Crippen molar-refractivity contribution in [3.8, 4) is 0 Å². The summed E-state index contributed by atoms with van der Waals surface area (Å²) in [7, 11) is 7.76. The first-order chi connectivity index (χ1) is 29.1. The molecule has 0 radical (unpaired) electrons. The number of nitrogens with zero attached hydrogens (tertiary/aromatic N) is 2. The summed E-state index contributed by atoms with van der Waals surface area (Å²) < 4.78 is 24.8. The molecule has 0 fully saturated rings. The average Bonchev–Trinajstić information content (AvgIpc) is 3.48. The predicted octanol–water partition coefficient (Wildman–Crippen LogP) is 13.4. The van der Waals surface area contributed by atoms with Gasteiger partial charge in [-0.25, -0.2) is 0 Å². The highest BCUT2D eigenvalue weighted by Crippen LogP contribution is 2.41. The quantitative estimate of drug-likeness (QED) is 0.0343. The summed E-state index contributed by atoms with van der Waals surface area (Å²) in [5, 5.41) is 0. The maximum Gasteiger partial charge on any atom is 0.309 e. The minimum absolute atomic E-state index is 0.0559. The Morgan fingerprint density at radius 2 is 1.02 bits per heavy atom. The molecule has 0 amide bonds. The van der Waals surface area contributed by atoms with Crippen molar-refractivity contribution in [2.24, 2.45) is 0 Å². The molecule has 0 N–H and O–H groups in total. The van der Waals surface area contributed by atoms with Crippen molar-refractivity contribution in [3.63, 3.8) is 0 Å². The van der Waals surface area contributed by atoms with Gasteiger partial charge >= 0.3 is 11.9 Å². The zero-order valence-corrected chi connectivity index (χ0v) is 40.0. The minimum Gasteiger partial charge on any atom is -0.491 e. The van der Waals surface area contributed by atoms with Gasteiger partial charge in [0.2, 0.25) is 0 Å². The zero-order valence-electron chi connectivity index (χ0n) is 40.0. The summed E-state index contributed by atoms with van der Waals surface area (Å²) in [6.07, 6.45) is 47.2. The van der Waals surface area contributed by atoms with E-state index in [1.165, 1.54) is 103 Å². The van der Waals surface area contributed by atoms with Crippen molar-refractivity contribution in [2.75, 3.05) is 54.5 Å². The molecule has 60 heavy (non-hydrogen) atoms. The number of hydrogen-bond donors (Lipinski definition) is 0. The zero-order chi connectivity index (χ0) is 43.9. The first kappa shape index (κ1) is 55.3. The highest BCUT2D eigenvalue weighted by molar-refractivity contribution is 5.70. The Hall–Kier alpha value is -2.68. The fourth-order valence-corrected chi connectivity index (χ4v) is 7.17. The van der Waals surface area contributed by atoms with E-state index in [9.17, 15) is 9.59 Å². The monoisotopic (exact) mass is 841 g/mol. The summed E-state index contributed by atoms with van der Waals surface area (Å²) in [5.41, 5.74) is 0.0179. The molecule has 8 heteroatoms. The Morgan fingerprint density at radius 3 is 1.50 bits per heavy atom. The topological polar surface area (TPSA) is 77.5 Å². The van der Waals surface area contributed by atoms with Gasteiger partial charge in [0.05, 0.1) is 19.4 Å². The molecular formula is C52H92N2O6. The van der Waals surface area contributed by atoms with Gasteiger partial charge in [-0.05, 0) is 119 Å². The van der Waals surface area contributed by atoms with Crippen LogP contribution < -0.4 is 0 Å². The molecule has 8 nitrogen and oxygen atoms in total. The van der Waals surface area contributed by atoms with Gasteiger partial charge in [-0.3, -0.25) is 9.59 Å². The highest BCUT2D eigenvalue weighted by atomic mass is 16.7. The number of hydrogen-bond acceptors (Lipinski definition) is 8. The number of esters is 2. The number of unbranched alkanes of at least 4 members (excludes halogenated alkanes) is 18. The molecule has 0 aromatic heterocycles. The molecule has 1 aliphatic rings. The van der Waals surface area contributed by atoms with Gasteiger partial charge in [0.25, 0.3) is 6.29 Å². The van der Waals surface area contributed by atoms with Crippen LogP contribution in [0.2, 0.25) is 0 Å². The van der Waals surface area contributed by atoms with E-state index in [1.807, 2.05) is 44.9 Å². The number of rotatable bonds is 40. The smallest absolute Gasteiger partial charge is 0.309 e. The van der Waals surface area contributed by atoms with E-state index in [-0.39, 0.29) is 25.0 Å². The first-order valence-corrected chi connectivity index (χ1v) is 24.4. The van der Waals surface area contributed by atoms with Gasteiger partial charge in [0, 0.05) is 18.7 Å². The third-order valence-electron chi connectivity index (χ3n) is 11.0. The molecule has 0 aromatic rings. The van der Waals surface area contributed by atoms with Gasteiger partial charge in [0.1, 0.15) is 12.2 Å². The summed E-state index contributed by atoms with van der Waals surface area (Å²) in [6, 6.07) is 0. The van der Waals surface area contributed by atoms with Gasteiger partial charge < -0.3 is 28.7 Å². The number of carbonyl (C=O) groups is 2. The fraction of sp³-hybridized carbons (Fsp3) is 0.769. The molecule has 0 saturated heterocycles. The number of carbonyl (C=O) groups excluding carboxylic acids is 2. The van der Waals surface area contributed by atoms with Crippen LogP contribution in [-0.4, -0.2) is 88.1 Å². The fourth-order valence-electron chi connectivity index (χ4n) is 7.17. The minimum atomic E-state index is -0.950. The summed E-state index contributed by atoms with van der Waals surface area (Å²) >= 11 is 0. The Labute approximate surface area is 369 Å². The van der Waals surface area contributed by atoms with Crippen molar-refractivity contribution in [1.29, 1.82) is 0 Å². The molecule has 0 spiro atoms. The van der Waals surface area contributed by atoms with Gasteiger partial charge in [-0.15, -0.1) is 0 Å². The summed E-state index contributed by atoms with van der Waals surface area (Å²) in [6.45, 7) is 8.23. The lowest BCUT2D eigenvalue weighted by Gasteiger charge is -2.27. The molecule has 1 rings (SSSR count). The second kappa shape index (κ2) is 38.0. The van der Waals surface area contributed by atoms with Crippen LogP contribution in [0.1, 0.15) is 194 Å². The maximum absolute atomic E-state index is 13.0. The van der Waals surface area contributed by atoms with E-state index < -0.39 is 11.9 Å². The molecule has 346 valence electrons. The average molecular weight is 841 g/mol. The SMILES string of the molecule is CCCCC/C=C\C/C=C\CCCCCCCCOC1=C(CCCCCCCC/C=C\C/C=C\CCCCC)C(C)(COC(=O)CCN(C)C)O[C@H]1OC(=O)CCN(C)C. The predicted molar refractivity (Wildman–Crippen MR) is 253 cm³/mol. The van der Waals surface area contributed by atoms with Crippen LogP contribution in [0.5, 0.6) is 0 Å². The van der Waals surface area contributed by atoms with Crippen LogP contribution in [0.3, 0.4) is 0 Å². The molecule has 0 bridgehead atoms. The Bertz CT molecular complexity index is 1220. The van der Waals surface area contributed by atoms with E-state index in [2.05, 4.69) is 62.5 Å². The van der Waals surface area contributed by atoms with E-state index in [0.717, 1.165) is 63.4 Å². The molecule has 0 aliphatic carbocycles. The van der Waals surface area contributed by atoms with Crippen LogP contribution >= 0.6 is 0 Å². The van der Waals surface area contributed by atoms with Crippen molar-refractivity contribution in [2.45, 2.75) is 206 Å². The third-order valence-corrected chi connectivity index (χ3v) is 11.0. The van der Waals surface area contributed by atoms with Crippen molar-refractivity contribution < 1.29 is 28.5 Å². The highest BCUT2D eigenvalue weighted by Gasteiger charge is 2.47. The van der Waals surface area contributed by atoms with Crippen LogP contribution in [0.4, 0.5) is 0 Å². The van der Waals surface area contributed by atoms with E-state index in [0.29, 0.717) is 31.9 Å². The molecule has 1 unspecified atom stereocenters. The third kappa shape index (κ3) is 30.4. The standard InChI is InChI=1S/C52H92N2O6/c1-8-10-12-14-16-18-20-22-24-26-28-30-32-34-36-38-40-47-50(57-45-39-37-35-33-31-29-27-25-23-21-19-17-15-13-11-9-2)51(59-49(56)42-44-54(6)7)60-52(47,3)46-58-48(55)41-43-53(4)5/h16-19,22-25,51H,8-15,20-21,26-46H2,1-7H3/b18-16-,19-17-,24-22-,25-23-/t51-,52?/m1/s1. The lowest BCUT2D eigenvalue weighted by Crippen LogP contribution is -2.37. The van der Waals surface area contributed by atoms with Crippen molar-refractivity contribution in [3.05, 3.63) is 59.9 Å². The normalized spacial score (nSPS) is 17.2. The Morgan fingerprint density at radius 1 is 0.583 bits per heavy atom.